The fourth-order valence-electron chi connectivity index (χ4n) is 2.28. The van der Waals surface area contributed by atoms with Crippen molar-refractivity contribution in [2.75, 3.05) is 0 Å². The van der Waals surface area contributed by atoms with Crippen LogP contribution >= 0.6 is 0 Å². The molecule has 0 fully saturated rings. The Morgan fingerprint density at radius 1 is 1.05 bits per heavy atom. The summed E-state index contributed by atoms with van der Waals surface area (Å²) in [6, 6.07) is 3.73. The summed E-state index contributed by atoms with van der Waals surface area (Å²) in [5, 5.41) is 3.08. The predicted molar refractivity (Wildman–Crippen MR) is 87.6 cm³/mol. The first-order valence-corrected chi connectivity index (χ1v) is 8.22. The molecule has 1 rings (SSSR count). The summed E-state index contributed by atoms with van der Waals surface area (Å²) >= 11 is 0. The predicted octanol–water partition coefficient (Wildman–Crippen LogP) is 4.96. The Hall–Kier alpha value is -1.25. The molecular formula is C18H31NO2. The van der Waals surface area contributed by atoms with Gasteiger partial charge in [-0.2, -0.15) is 0 Å². The Morgan fingerprint density at radius 3 is 2.10 bits per heavy atom. The van der Waals surface area contributed by atoms with Crippen LogP contribution in [0.25, 0.3) is 0 Å². The molecule has 0 unspecified atom stereocenters. The zero-order valence-corrected chi connectivity index (χ0v) is 14.5. The molecule has 0 saturated heterocycles. The van der Waals surface area contributed by atoms with Crippen LogP contribution in [-0.2, 0) is 6.42 Å². The molecule has 1 N–H and O–H groups in total. The molecule has 0 aliphatic carbocycles. The van der Waals surface area contributed by atoms with E-state index in [1.807, 2.05) is 6.07 Å². The summed E-state index contributed by atoms with van der Waals surface area (Å²) in [4.78, 5) is 12.3. The van der Waals surface area contributed by atoms with Crippen molar-refractivity contribution in [1.82, 2.24) is 5.32 Å². The van der Waals surface area contributed by atoms with Crippen molar-refractivity contribution >= 4 is 5.91 Å². The second-order valence-electron chi connectivity index (χ2n) is 6.68. The summed E-state index contributed by atoms with van der Waals surface area (Å²) in [6.45, 7) is 12.9. The second-order valence-corrected chi connectivity index (χ2v) is 6.68. The van der Waals surface area contributed by atoms with Crippen molar-refractivity contribution in [3.05, 3.63) is 23.7 Å². The van der Waals surface area contributed by atoms with E-state index in [9.17, 15) is 4.79 Å². The molecule has 0 atom stereocenters. The Kier molecular flexibility index (Phi) is 6.06. The number of nitrogens with one attached hydrogen (secondary N) is 1. The number of amides is 1. The van der Waals surface area contributed by atoms with Crippen LogP contribution in [0.4, 0.5) is 0 Å². The van der Waals surface area contributed by atoms with Gasteiger partial charge in [0.15, 0.2) is 5.76 Å². The summed E-state index contributed by atoms with van der Waals surface area (Å²) in [7, 11) is 0. The molecule has 0 radical (unpaired) electrons. The van der Waals surface area contributed by atoms with Crippen molar-refractivity contribution in [2.45, 2.75) is 79.2 Å². The van der Waals surface area contributed by atoms with Gasteiger partial charge in [0.05, 0.1) is 0 Å². The third kappa shape index (κ3) is 4.62. The maximum atomic E-state index is 12.3. The first-order valence-electron chi connectivity index (χ1n) is 8.22. The summed E-state index contributed by atoms with van der Waals surface area (Å²) in [6.07, 6.45) is 4.91. The largest absolute Gasteiger partial charge is 0.456 e. The smallest absolute Gasteiger partial charge is 0.287 e. The molecule has 1 heterocycles. The zero-order valence-electron chi connectivity index (χ0n) is 14.5. The van der Waals surface area contributed by atoms with Crippen LogP contribution in [0.2, 0.25) is 0 Å². The normalized spacial score (nSPS) is 12.5. The number of carbonyl (C=O) groups excluding carboxylic acids is 1. The van der Waals surface area contributed by atoms with Crippen LogP contribution in [-0.4, -0.2) is 11.4 Å². The maximum Gasteiger partial charge on any atom is 0.287 e. The van der Waals surface area contributed by atoms with Gasteiger partial charge in [-0.25, -0.2) is 0 Å². The van der Waals surface area contributed by atoms with Crippen molar-refractivity contribution in [3.63, 3.8) is 0 Å². The quantitative estimate of drug-likeness (QED) is 0.736. The van der Waals surface area contributed by atoms with E-state index in [0.29, 0.717) is 5.76 Å². The van der Waals surface area contributed by atoms with Crippen molar-refractivity contribution in [1.29, 1.82) is 0 Å². The molecular weight excluding hydrogens is 262 g/mol. The van der Waals surface area contributed by atoms with Gasteiger partial charge in [-0.15, -0.1) is 0 Å². The van der Waals surface area contributed by atoms with Crippen LogP contribution in [0.3, 0.4) is 0 Å². The fourth-order valence-corrected chi connectivity index (χ4v) is 2.28. The van der Waals surface area contributed by atoms with Gasteiger partial charge in [0, 0.05) is 12.0 Å². The third-order valence-electron chi connectivity index (χ3n) is 5.17. The van der Waals surface area contributed by atoms with Crippen LogP contribution in [0.15, 0.2) is 16.5 Å². The number of hydrogen-bond donors (Lipinski definition) is 1. The first-order chi connectivity index (χ1) is 9.81. The lowest BCUT2D eigenvalue weighted by molar-refractivity contribution is 0.0869. The highest BCUT2D eigenvalue weighted by Crippen LogP contribution is 2.30. The fraction of sp³-hybridized carbons (Fsp3) is 0.722. The standard InChI is InChI=1S/C18H31NO2/c1-7-17(5,8-2)13-14-11-12-15(21-14)16(20)19-18(6,9-3)10-4/h11-12H,7-10,13H2,1-6H3,(H,19,20). The summed E-state index contributed by atoms with van der Waals surface area (Å²) < 4.78 is 5.77. The molecule has 0 aliphatic heterocycles. The Balaban J connectivity index is 2.77. The molecule has 0 aliphatic rings. The average Bonchev–Trinajstić information content (AvgIpc) is 2.95. The van der Waals surface area contributed by atoms with Gasteiger partial charge in [0.1, 0.15) is 5.76 Å². The van der Waals surface area contributed by atoms with Crippen molar-refractivity contribution in [2.24, 2.45) is 5.41 Å². The van der Waals surface area contributed by atoms with Crippen LogP contribution in [0, 0.1) is 5.41 Å². The molecule has 21 heavy (non-hydrogen) atoms. The van der Waals surface area contributed by atoms with Crippen LogP contribution in [0.1, 0.15) is 83.5 Å². The minimum atomic E-state index is -0.161. The average molecular weight is 293 g/mol. The number of furan rings is 1. The van der Waals surface area contributed by atoms with E-state index >= 15 is 0 Å². The van der Waals surface area contributed by atoms with Gasteiger partial charge in [-0.3, -0.25) is 4.79 Å². The SMILES string of the molecule is CCC(C)(CC)Cc1ccc(C(=O)NC(C)(CC)CC)o1. The Morgan fingerprint density at radius 2 is 1.62 bits per heavy atom. The monoisotopic (exact) mass is 293 g/mol. The van der Waals surface area contributed by atoms with Gasteiger partial charge in [-0.05, 0) is 37.3 Å². The van der Waals surface area contributed by atoms with Gasteiger partial charge in [0.2, 0.25) is 0 Å². The topological polar surface area (TPSA) is 42.2 Å². The molecule has 0 saturated carbocycles. The van der Waals surface area contributed by atoms with Gasteiger partial charge < -0.3 is 9.73 Å². The van der Waals surface area contributed by atoms with E-state index in [1.165, 1.54) is 0 Å². The molecule has 3 heteroatoms. The molecule has 1 aromatic rings. The molecule has 0 bridgehead atoms. The maximum absolute atomic E-state index is 12.3. The Bertz CT molecular complexity index is 454. The number of carbonyl (C=O) groups is 1. The zero-order chi connectivity index (χ0) is 16.1. The Labute approximate surface area is 129 Å². The highest BCUT2D eigenvalue weighted by molar-refractivity contribution is 5.92. The van der Waals surface area contributed by atoms with Gasteiger partial charge in [-0.1, -0.05) is 47.5 Å². The molecule has 0 spiro atoms. The number of hydrogen-bond acceptors (Lipinski definition) is 2. The molecule has 120 valence electrons. The second kappa shape index (κ2) is 7.15. The number of rotatable bonds is 8. The lowest BCUT2D eigenvalue weighted by atomic mass is 9.81. The molecule has 3 nitrogen and oxygen atoms in total. The van der Waals surface area contributed by atoms with E-state index in [-0.39, 0.29) is 16.9 Å². The molecule has 1 amide bonds. The van der Waals surface area contributed by atoms with Crippen LogP contribution in [0.5, 0.6) is 0 Å². The molecule has 1 aromatic heterocycles. The van der Waals surface area contributed by atoms with E-state index in [1.54, 1.807) is 6.07 Å². The summed E-state index contributed by atoms with van der Waals surface area (Å²) in [5.74, 6) is 1.22. The minimum absolute atomic E-state index is 0.109. The van der Waals surface area contributed by atoms with Crippen LogP contribution < -0.4 is 5.32 Å². The van der Waals surface area contributed by atoms with Gasteiger partial charge in [0.25, 0.3) is 5.91 Å². The van der Waals surface area contributed by atoms with E-state index in [2.05, 4.69) is 46.9 Å². The lowest BCUT2D eigenvalue weighted by Crippen LogP contribution is -2.44. The lowest BCUT2D eigenvalue weighted by Gasteiger charge is -2.27. The van der Waals surface area contributed by atoms with Crippen molar-refractivity contribution < 1.29 is 9.21 Å². The highest BCUT2D eigenvalue weighted by Gasteiger charge is 2.26. The van der Waals surface area contributed by atoms with E-state index < -0.39 is 0 Å². The van der Waals surface area contributed by atoms with Crippen molar-refractivity contribution in [3.8, 4) is 0 Å². The first kappa shape index (κ1) is 17.8. The third-order valence-corrected chi connectivity index (χ3v) is 5.17. The minimum Gasteiger partial charge on any atom is -0.456 e. The van der Waals surface area contributed by atoms with E-state index in [4.69, 9.17) is 4.42 Å². The van der Waals surface area contributed by atoms with Gasteiger partial charge >= 0.3 is 0 Å². The van der Waals surface area contributed by atoms with E-state index in [0.717, 1.165) is 37.9 Å². The highest BCUT2D eigenvalue weighted by atomic mass is 16.3. The molecule has 0 aromatic carbocycles. The summed E-state index contributed by atoms with van der Waals surface area (Å²) in [5.41, 5.74) is 0.0817.